The van der Waals surface area contributed by atoms with Gasteiger partial charge in [0.1, 0.15) is 6.29 Å². The highest BCUT2D eigenvalue weighted by Crippen LogP contribution is 2.26. The number of benzene rings is 1. The average molecular weight is 333 g/mol. The molecule has 2 aliphatic rings. The molecule has 0 saturated carbocycles. The van der Waals surface area contributed by atoms with Crippen molar-refractivity contribution in [2.24, 2.45) is 5.92 Å². The summed E-state index contributed by atoms with van der Waals surface area (Å²) in [5.74, 6) is 0.582. The Morgan fingerprint density at radius 2 is 2.08 bits per heavy atom. The van der Waals surface area contributed by atoms with Gasteiger partial charge >= 0.3 is 0 Å². The highest BCUT2D eigenvalue weighted by Gasteiger charge is 2.22. The molecule has 1 aromatic rings. The Balaban J connectivity index is 1.48. The number of hydrogen-bond donors (Lipinski definition) is 1. The number of anilines is 1. The smallest absolute Gasteiger partial charge is 0.157 e. The summed E-state index contributed by atoms with van der Waals surface area (Å²) in [6.45, 7) is 3.46. The van der Waals surface area contributed by atoms with Crippen molar-refractivity contribution in [1.29, 1.82) is 0 Å². The van der Waals surface area contributed by atoms with Crippen molar-refractivity contribution in [3.8, 4) is 0 Å². The summed E-state index contributed by atoms with van der Waals surface area (Å²) in [5.41, 5.74) is 2.35. The fourth-order valence-electron chi connectivity index (χ4n) is 3.48. The zero-order valence-electron chi connectivity index (χ0n) is 14.2. The van der Waals surface area contributed by atoms with Gasteiger partial charge in [-0.3, -0.25) is 4.79 Å². The highest BCUT2D eigenvalue weighted by molar-refractivity contribution is 5.78. The Labute approximate surface area is 143 Å². The van der Waals surface area contributed by atoms with Crippen molar-refractivity contribution in [3.05, 3.63) is 29.3 Å². The number of nitrogens with zero attached hydrogens (tertiary/aromatic N) is 1. The quantitative estimate of drug-likeness (QED) is 0.811. The molecule has 24 heavy (non-hydrogen) atoms. The maximum atomic E-state index is 11.0. The lowest BCUT2D eigenvalue weighted by Crippen LogP contribution is -2.36. The van der Waals surface area contributed by atoms with E-state index in [1.54, 1.807) is 6.07 Å². The minimum Gasteiger partial charge on any atom is -0.392 e. The van der Waals surface area contributed by atoms with Crippen molar-refractivity contribution in [2.45, 2.75) is 45.0 Å². The van der Waals surface area contributed by atoms with Crippen LogP contribution in [0.1, 0.15) is 48.0 Å². The Morgan fingerprint density at radius 3 is 2.75 bits per heavy atom. The second kappa shape index (κ2) is 8.60. The molecule has 1 aromatic carbocycles. The molecule has 5 heteroatoms. The molecule has 1 atom stereocenters. The predicted molar refractivity (Wildman–Crippen MR) is 92.2 cm³/mol. The molecule has 1 N–H and O–H groups in total. The normalized spacial score (nSPS) is 22.5. The van der Waals surface area contributed by atoms with E-state index in [-0.39, 0.29) is 12.9 Å². The molecule has 2 aliphatic heterocycles. The number of hydrogen-bond acceptors (Lipinski definition) is 5. The molecular formula is C19H27NO4. The maximum absolute atomic E-state index is 11.0. The number of carbonyl (C=O) groups is 1. The molecule has 2 heterocycles. The van der Waals surface area contributed by atoms with Gasteiger partial charge in [0.15, 0.2) is 6.29 Å². The van der Waals surface area contributed by atoms with E-state index < -0.39 is 0 Å². The molecule has 0 amide bonds. The van der Waals surface area contributed by atoms with Gasteiger partial charge < -0.3 is 19.5 Å². The molecule has 132 valence electrons. The lowest BCUT2D eigenvalue weighted by atomic mass is 9.97. The lowest BCUT2D eigenvalue weighted by Gasteiger charge is -2.34. The van der Waals surface area contributed by atoms with E-state index in [0.29, 0.717) is 17.0 Å². The summed E-state index contributed by atoms with van der Waals surface area (Å²) in [5, 5.41) is 9.40. The maximum Gasteiger partial charge on any atom is 0.157 e. The topological polar surface area (TPSA) is 59.0 Å². The first-order valence-electron chi connectivity index (χ1n) is 8.97. The van der Waals surface area contributed by atoms with E-state index in [4.69, 9.17) is 9.47 Å². The number of aliphatic hydroxyl groups excluding tert-OH is 1. The van der Waals surface area contributed by atoms with Crippen LogP contribution in [0.25, 0.3) is 0 Å². The van der Waals surface area contributed by atoms with E-state index in [0.717, 1.165) is 64.0 Å². The molecular weight excluding hydrogens is 306 g/mol. The van der Waals surface area contributed by atoms with E-state index in [9.17, 15) is 9.90 Å². The fraction of sp³-hybridized carbons (Fsp3) is 0.632. The molecule has 0 aromatic heterocycles. The van der Waals surface area contributed by atoms with E-state index in [1.807, 2.05) is 12.1 Å². The van der Waals surface area contributed by atoms with Crippen LogP contribution in [0.15, 0.2) is 18.2 Å². The third kappa shape index (κ3) is 4.35. The van der Waals surface area contributed by atoms with E-state index in [1.165, 1.54) is 6.42 Å². The number of aliphatic hydroxyl groups is 1. The van der Waals surface area contributed by atoms with Crippen LogP contribution in [0.2, 0.25) is 0 Å². The summed E-state index contributed by atoms with van der Waals surface area (Å²) in [7, 11) is 0. The Morgan fingerprint density at radius 1 is 1.25 bits per heavy atom. The van der Waals surface area contributed by atoms with Crippen LogP contribution >= 0.6 is 0 Å². The van der Waals surface area contributed by atoms with Crippen LogP contribution < -0.4 is 4.90 Å². The van der Waals surface area contributed by atoms with Crippen molar-refractivity contribution >= 4 is 12.0 Å². The van der Waals surface area contributed by atoms with Gasteiger partial charge in [-0.15, -0.1) is 0 Å². The van der Waals surface area contributed by atoms with Crippen LogP contribution in [0.5, 0.6) is 0 Å². The fourth-order valence-corrected chi connectivity index (χ4v) is 3.48. The molecule has 0 aliphatic carbocycles. The van der Waals surface area contributed by atoms with Crippen molar-refractivity contribution in [2.75, 3.05) is 31.2 Å². The first kappa shape index (κ1) is 17.4. The van der Waals surface area contributed by atoms with Crippen molar-refractivity contribution in [1.82, 2.24) is 0 Å². The van der Waals surface area contributed by atoms with Gasteiger partial charge in [-0.1, -0.05) is 0 Å². The predicted octanol–water partition coefficient (Wildman–Crippen LogP) is 2.75. The summed E-state index contributed by atoms with van der Waals surface area (Å²) >= 11 is 0. The summed E-state index contributed by atoms with van der Waals surface area (Å²) in [6.07, 6.45) is 6.36. The van der Waals surface area contributed by atoms with Crippen LogP contribution in [-0.2, 0) is 16.1 Å². The van der Waals surface area contributed by atoms with Gasteiger partial charge in [0.25, 0.3) is 0 Å². The largest absolute Gasteiger partial charge is 0.392 e. The molecule has 2 saturated heterocycles. The van der Waals surface area contributed by atoms with Gasteiger partial charge in [0.05, 0.1) is 13.2 Å². The third-order valence-electron chi connectivity index (χ3n) is 5.06. The number of aldehydes is 1. The van der Waals surface area contributed by atoms with Crippen molar-refractivity contribution < 1.29 is 19.4 Å². The lowest BCUT2D eigenvalue weighted by molar-refractivity contribution is -0.169. The number of carbonyl (C=O) groups excluding carboxylic acids is 1. The molecule has 0 spiro atoms. The molecule has 5 nitrogen and oxygen atoms in total. The number of piperidine rings is 1. The van der Waals surface area contributed by atoms with Crippen molar-refractivity contribution in [3.63, 3.8) is 0 Å². The SMILES string of the molecule is O=Cc1ccc(N2CCC(COC3CCCCO3)CC2)cc1CO. The summed E-state index contributed by atoms with van der Waals surface area (Å²) in [4.78, 5) is 13.3. The first-order chi connectivity index (χ1) is 11.8. The Kier molecular flexibility index (Phi) is 6.24. The van der Waals surface area contributed by atoms with Gasteiger partial charge in [-0.05, 0) is 61.8 Å². The average Bonchev–Trinajstić information content (AvgIpc) is 2.67. The third-order valence-corrected chi connectivity index (χ3v) is 5.06. The Bertz CT molecular complexity index is 534. The first-order valence-corrected chi connectivity index (χ1v) is 8.97. The zero-order chi connectivity index (χ0) is 16.8. The molecule has 3 rings (SSSR count). The monoisotopic (exact) mass is 333 g/mol. The Hall–Kier alpha value is -1.43. The van der Waals surface area contributed by atoms with Gasteiger partial charge in [0.2, 0.25) is 0 Å². The van der Waals surface area contributed by atoms with Gasteiger partial charge in [0, 0.05) is 30.9 Å². The zero-order valence-corrected chi connectivity index (χ0v) is 14.2. The number of rotatable bonds is 6. The molecule has 0 bridgehead atoms. The molecule has 1 unspecified atom stereocenters. The molecule has 0 radical (unpaired) electrons. The van der Waals surface area contributed by atoms with E-state index in [2.05, 4.69) is 4.90 Å². The van der Waals surface area contributed by atoms with Crippen LogP contribution in [0.4, 0.5) is 5.69 Å². The second-order valence-corrected chi connectivity index (χ2v) is 6.72. The number of ether oxygens (including phenoxy) is 2. The highest BCUT2D eigenvalue weighted by atomic mass is 16.7. The van der Waals surface area contributed by atoms with Crippen LogP contribution in [0, 0.1) is 5.92 Å². The summed E-state index contributed by atoms with van der Waals surface area (Å²) in [6, 6.07) is 5.69. The second-order valence-electron chi connectivity index (χ2n) is 6.72. The minimum absolute atomic E-state index is 0.000206. The van der Waals surface area contributed by atoms with Gasteiger partial charge in [-0.25, -0.2) is 0 Å². The van der Waals surface area contributed by atoms with Crippen LogP contribution in [-0.4, -0.2) is 44.0 Å². The van der Waals surface area contributed by atoms with E-state index >= 15 is 0 Å². The summed E-state index contributed by atoms with van der Waals surface area (Å²) < 4.78 is 11.5. The minimum atomic E-state index is -0.104. The van der Waals surface area contributed by atoms with Gasteiger partial charge in [-0.2, -0.15) is 0 Å². The molecule has 2 fully saturated rings. The van der Waals surface area contributed by atoms with Crippen LogP contribution in [0.3, 0.4) is 0 Å². The standard InChI is InChI=1S/C19H27NO4/c21-12-16-4-5-18(11-17(16)13-22)20-8-6-15(7-9-20)14-24-19-3-1-2-10-23-19/h4-5,11-12,15,19,22H,1-3,6-10,13-14H2.